The number of nitrogens with zero attached hydrogens (tertiary/aromatic N) is 1. The highest BCUT2D eigenvalue weighted by Crippen LogP contribution is 2.37. The lowest BCUT2D eigenvalue weighted by Crippen LogP contribution is -2.26. The van der Waals surface area contributed by atoms with Gasteiger partial charge in [0.25, 0.3) is 5.91 Å². The lowest BCUT2D eigenvalue weighted by atomic mass is 10.1. The van der Waals surface area contributed by atoms with Crippen LogP contribution in [0.25, 0.3) is 6.08 Å². The lowest BCUT2D eigenvalue weighted by molar-refractivity contribution is -0.117. The van der Waals surface area contributed by atoms with E-state index in [1.165, 1.54) is 13.2 Å². The molecule has 7 heteroatoms. The minimum atomic E-state index is -0.443. The number of benzene rings is 1. The number of terminal acetylenes is 1. The van der Waals surface area contributed by atoms with E-state index in [0.29, 0.717) is 41.1 Å². The first-order chi connectivity index (χ1) is 12.1. The number of amides is 1. The molecule has 0 bridgehead atoms. The van der Waals surface area contributed by atoms with Gasteiger partial charge in [0.1, 0.15) is 18.2 Å². The smallest absolute Gasteiger partial charge is 0.261 e. The van der Waals surface area contributed by atoms with E-state index in [1.54, 1.807) is 19.2 Å². The summed E-state index contributed by atoms with van der Waals surface area (Å²) in [6, 6.07) is 5.27. The number of rotatable bonds is 9. The molecule has 6 nitrogen and oxygen atoms in total. The van der Waals surface area contributed by atoms with Crippen LogP contribution in [0.5, 0.6) is 11.5 Å². The van der Waals surface area contributed by atoms with E-state index in [1.807, 2.05) is 6.07 Å². The third-order valence-corrected chi connectivity index (χ3v) is 3.63. The Balaban J connectivity index is 2.99. The van der Waals surface area contributed by atoms with Gasteiger partial charge in [-0.15, -0.1) is 6.42 Å². The van der Waals surface area contributed by atoms with Gasteiger partial charge in [-0.3, -0.25) is 4.79 Å². The SMILES string of the molecule is C#CCOc1c(Br)cc(/C=C(\C#N)C(=O)NCCCOC)cc1OC. The van der Waals surface area contributed by atoms with Crippen molar-refractivity contribution in [3.8, 4) is 29.9 Å². The third kappa shape index (κ3) is 6.50. The normalized spacial score (nSPS) is 10.5. The Morgan fingerprint density at radius 3 is 2.80 bits per heavy atom. The fourth-order valence-corrected chi connectivity index (χ4v) is 2.48. The standard InChI is InChI=1S/C18H19BrN2O4/c1-4-7-25-17-15(19)10-13(11-16(17)24-3)9-14(12-20)18(22)21-6-5-8-23-2/h1,9-11H,5-8H2,2-3H3,(H,21,22)/b14-9+. The predicted molar refractivity (Wildman–Crippen MR) is 98.1 cm³/mol. The Morgan fingerprint density at radius 1 is 1.44 bits per heavy atom. The first-order valence-corrected chi connectivity index (χ1v) is 8.19. The molecule has 0 aliphatic carbocycles. The van der Waals surface area contributed by atoms with Gasteiger partial charge in [-0.1, -0.05) is 5.92 Å². The highest BCUT2D eigenvalue weighted by Gasteiger charge is 2.13. The van der Waals surface area contributed by atoms with Crippen LogP contribution in [0.15, 0.2) is 22.2 Å². The molecule has 1 aromatic carbocycles. The maximum absolute atomic E-state index is 12.1. The molecule has 1 rings (SSSR count). The Labute approximate surface area is 155 Å². The maximum atomic E-state index is 12.1. The number of methoxy groups -OCH3 is 2. The van der Waals surface area contributed by atoms with Gasteiger partial charge in [0.2, 0.25) is 0 Å². The molecule has 1 N–H and O–H groups in total. The molecule has 0 saturated heterocycles. The summed E-state index contributed by atoms with van der Waals surface area (Å²) in [7, 11) is 3.08. The first kappa shape index (κ1) is 20.6. The van der Waals surface area contributed by atoms with Crippen molar-refractivity contribution < 1.29 is 19.0 Å². The minimum absolute atomic E-state index is 0.0105. The molecule has 0 aromatic heterocycles. The Morgan fingerprint density at radius 2 is 2.20 bits per heavy atom. The molecule has 0 spiro atoms. The summed E-state index contributed by atoms with van der Waals surface area (Å²) in [5.74, 6) is 2.83. The van der Waals surface area contributed by atoms with Gasteiger partial charge >= 0.3 is 0 Å². The molecule has 25 heavy (non-hydrogen) atoms. The molecule has 0 heterocycles. The summed E-state index contributed by atoms with van der Waals surface area (Å²) >= 11 is 3.38. The molecule has 0 saturated carbocycles. The van der Waals surface area contributed by atoms with Gasteiger partial charge in [0.05, 0.1) is 11.6 Å². The van der Waals surface area contributed by atoms with Crippen molar-refractivity contribution in [1.82, 2.24) is 5.32 Å². The molecular formula is C18H19BrN2O4. The summed E-state index contributed by atoms with van der Waals surface area (Å²) in [5, 5.41) is 11.9. The molecule has 0 fully saturated rings. The summed E-state index contributed by atoms with van der Waals surface area (Å²) < 4.78 is 16.2. The summed E-state index contributed by atoms with van der Waals surface area (Å²) in [6.45, 7) is 1.06. The minimum Gasteiger partial charge on any atom is -0.493 e. The van der Waals surface area contributed by atoms with Crippen LogP contribution in [0.2, 0.25) is 0 Å². The highest BCUT2D eigenvalue weighted by atomic mass is 79.9. The molecule has 0 aliphatic rings. The molecular weight excluding hydrogens is 388 g/mol. The van der Waals surface area contributed by atoms with Gasteiger partial charge in [-0.05, 0) is 46.1 Å². The molecule has 1 aromatic rings. The van der Waals surface area contributed by atoms with Crippen molar-refractivity contribution in [2.75, 3.05) is 34.0 Å². The number of nitrogens with one attached hydrogen (secondary N) is 1. The van der Waals surface area contributed by atoms with Gasteiger partial charge in [-0.25, -0.2) is 0 Å². The largest absolute Gasteiger partial charge is 0.493 e. The van der Waals surface area contributed by atoms with E-state index in [2.05, 4.69) is 27.2 Å². The molecule has 0 unspecified atom stereocenters. The Bertz CT molecular complexity index is 717. The zero-order valence-electron chi connectivity index (χ0n) is 14.1. The quantitative estimate of drug-likeness (QED) is 0.295. The summed E-state index contributed by atoms with van der Waals surface area (Å²) in [6.07, 6.45) is 7.34. The van der Waals surface area contributed by atoms with Crippen LogP contribution in [0.4, 0.5) is 0 Å². The monoisotopic (exact) mass is 406 g/mol. The second-order valence-electron chi connectivity index (χ2n) is 4.80. The van der Waals surface area contributed by atoms with Crippen molar-refractivity contribution in [1.29, 1.82) is 5.26 Å². The molecule has 0 aliphatic heterocycles. The maximum Gasteiger partial charge on any atom is 0.261 e. The summed E-state index contributed by atoms with van der Waals surface area (Å²) in [5.41, 5.74) is 0.601. The van der Waals surface area contributed by atoms with E-state index in [0.717, 1.165) is 0 Å². The van der Waals surface area contributed by atoms with Crippen LogP contribution in [-0.4, -0.2) is 39.9 Å². The number of halogens is 1. The van der Waals surface area contributed by atoms with Crippen LogP contribution in [0.1, 0.15) is 12.0 Å². The van der Waals surface area contributed by atoms with Crippen molar-refractivity contribution in [2.45, 2.75) is 6.42 Å². The lowest BCUT2D eigenvalue weighted by Gasteiger charge is -2.12. The van der Waals surface area contributed by atoms with E-state index in [4.69, 9.17) is 20.6 Å². The molecule has 0 radical (unpaired) electrons. The van der Waals surface area contributed by atoms with E-state index < -0.39 is 5.91 Å². The zero-order chi connectivity index (χ0) is 18.7. The number of hydrogen-bond donors (Lipinski definition) is 1. The fraction of sp³-hybridized carbons (Fsp3) is 0.333. The van der Waals surface area contributed by atoms with Crippen LogP contribution in [0, 0.1) is 23.7 Å². The average molecular weight is 407 g/mol. The van der Waals surface area contributed by atoms with Crippen molar-refractivity contribution in [3.05, 3.63) is 27.7 Å². The van der Waals surface area contributed by atoms with Crippen LogP contribution >= 0.6 is 15.9 Å². The predicted octanol–water partition coefficient (Wildman–Crippen LogP) is 2.53. The van der Waals surface area contributed by atoms with Crippen LogP contribution < -0.4 is 14.8 Å². The molecule has 1 amide bonds. The number of hydrogen-bond acceptors (Lipinski definition) is 5. The van der Waals surface area contributed by atoms with Gasteiger partial charge in [0.15, 0.2) is 11.5 Å². The number of carbonyl (C=O) groups is 1. The fourth-order valence-electron chi connectivity index (χ4n) is 1.91. The third-order valence-electron chi connectivity index (χ3n) is 3.04. The number of nitriles is 1. The highest BCUT2D eigenvalue weighted by molar-refractivity contribution is 9.10. The van der Waals surface area contributed by atoms with Gasteiger partial charge < -0.3 is 19.5 Å². The van der Waals surface area contributed by atoms with Crippen LogP contribution in [0.3, 0.4) is 0 Å². The molecule has 132 valence electrons. The van der Waals surface area contributed by atoms with Gasteiger partial charge in [0, 0.05) is 20.3 Å². The van der Waals surface area contributed by atoms with E-state index in [-0.39, 0.29) is 12.2 Å². The topological polar surface area (TPSA) is 80.6 Å². The van der Waals surface area contributed by atoms with Gasteiger partial charge in [-0.2, -0.15) is 5.26 Å². The first-order valence-electron chi connectivity index (χ1n) is 7.40. The number of carbonyl (C=O) groups excluding carboxylic acids is 1. The van der Waals surface area contributed by atoms with Crippen molar-refractivity contribution in [2.24, 2.45) is 0 Å². The Kier molecular flexibility index (Phi) is 9.16. The van der Waals surface area contributed by atoms with E-state index >= 15 is 0 Å². The number of ether oxygens (including phenoxy) is 3. The second kappa shape index (κ2) is 11.1. The average Bonchev–Trinajstić information content (AvgIpc) is 2.61. The van der Waals surface area contributed by atoms with Crippen LogP contribution in [-0.2, 0) is 9.53 Å². The van der Waals surface area contributed by atoms with Crippen molar-refractivity contribution in [3.63, 3.8) is 0 Å². The summed E-state index contributed by atoms with van der Waals surface area (Å²) in [4.78, 5) is 12.1. The second-order valence-corrected chi connectivity index (χ2v) is 5.65. The zero-order valence-corrected chi connectivity index (χ0v) is 15.7. The molecule has 0 atom stereocenters. The van der Waals surface area contributed by atoms with Crippen molar-refractivity contribution >= 4 is 27.9 Å². The van der Waals surface area contributed by atoms with E-state index in [9.17, 15) is 10.1 Å². The Hall–Kier alpha value is -2.48.